The number of carbonyl (C=O) groups excluding carboxylic acids is 2. The molecule has 22 heavy (non-hydrogen) atoms. The van der Waals surface area contributed by atoms with Crippen molar-refractivity contribution >= 4 is 11.8 Å². The molecule has 7 nitrogen and oxygen atoms in total. The molecule has 126 valence electrons. The maximum absolute atomic E-state index is 12.0. The smallest absolute Gasteiger partial charge is 0.235 e. The summed E-state index contributed by atoms with van der Waals surface area (Å²) < 4.78 is 4.89. The molecule has 1 atom stereocenters. The van der Waals surface area contributed by atoms with E-state index >= 15 is 0 Å². The molecule has 0 aliphatic carbocycles. The second-order valence-electron chi connectivity index (χ2n) is 5.89. The third kappa shape index (κ3) is 7.96. The summed E-state index contributed by atoms with van der Waals surface area (Å²) >= 11 is 0. The van der Waals surface area contributed by atoms with Crippen molar-refractivity contribution in [2.75, 3.05) is 40.4 Å². The lowest BCUT2D eigenvalue weighted by atomic mass is 9.90. The lowest BCUT2D eigenvalue weighted by Crippen LogP contribution is -2.52. The number of methoxy groups -OCH3 is 1. The van der Waals surface area contributed by atoms with E-state index in [0.29, 0.717) is 13.2 Å². The van der Waals surface area contributed by atoms with Crippen molar-refractivity contribution in [1.29, 1.82) is 5.26 Å². The Bertz CT molecular complexity index is 406. The van der Waals surface area contributed by atoms with Gasteiger partial charge in [0.2, 0.25) is 11.8 Å². The molecule has 0 saturated heterocycles. The maximum Gasteiger partial charge on any atom is 0.235 e. The lowest BCUT2D eigenvalue weighted by Gasteiger charge is -2.28. The molecule has 0 aromatic rings. The minimum Gasteiger partial charge on any atom is -0.385 e. The molecule has 0 aliphatic rings. The summed E-state index contributed by atoms with van der Waals surface area (Å²) in [6, 6.07) is 2.12. The highest BCUT2D eigenvalue weighted by atomic mass is 16.5. The van der Waals surface area contributed by atoms with Gasteiger partial charge in [-0.25, -0.2) is 0 Å². The van der Waals surface area contributed by atoms with Gasteiger partial charge in [-0.15, -0.1) is 0 Å². The quantitative estimate of drug-likeness (QED) is 0.559. The van der Waals surface area contributed by atoms with Crippen molar-refractivity contribution in [3.63, 3.8) is 0 Å². The van der Waals surface area contributed by atoms with Crippen LogP contribution in [0.3, 0.4) is 0 Å². The first-order valence-corrected chi connectivity index (χ1v) is 7.41. The molecule has 0 rings (SSSR count). The third-order valence-electron chi connectivity index (χ3n) is 3.46. The number of rotatable bonds is 10. The molecule has 0 fully saturated rings. The summed E-state index contributed by atoms with van der Waals surface area (Å²) in [6.45, 7) is 6.79. The van der Waals surface area contributed by atoms with E-state index in [1.165, 1.54) is 0 Å². The Balaban J connectivity index is 4.15. The van der Waals surface area contributed by atoms with Crippen LogP contribution in [0.25, 0.3) is 0 Å². The van der Waals surface area contributed by atoms with Crippen LogP contribution in [0.1, 0.15) is 27.2 Å². The van der Waals surface area contributed by atoms with E-state index < -0.39 is 5.54 Å². The van der Waals surface area contributed by atoms with Gasteiger partial charge in [0.05, 0.1) is 19.2 Å². The number of ether oxygens (including phenoxy) is 1. The molecule has 2 amide bonds. The minimum atomic E-state index is -0.902. The van der Waals surface area contributed by atoms with Crippen LogP contribution in [0, 0.1) is 17.2 Å². The van der Waals surface area contributed by atoms with Crippen LogP contribution in [0.2, 0.25) is 0 Å². The summed E-state index contributed by atoms with van der Waals surface area (Å²) in [7, 11) is 3.30. The van der Waals surface area contributed by atoms with Crippen LogP contribution in [-0.2, 0) is 14.3 Å². The number of nitriles is 1. The van der Waals surface area contributed by atoms with Crippen LogP contribution in [0.15, 0.2) is 0 Å². The van der Waals surface area contributed by atoms with E-state index in [2.05, 4.69) is 16.7 Å². The second kappa shape index (κ2) is 10.1. The van der Waals surface area contributed by atoms with E-state index in [4.69, 9.17) is 4.74 Å². The fourth-order valence-electron chi connectivity index (χ4n) is 1.68. The zero-order valence-corrected chi connectivity index (χ0v) is 14.2. The molecule has 0 radical (unpaired) electrons. The number of carbonyl (C=O) groups is 2. The molecule has 1 unspecified atom stereocenters. The van der Waals surface area contributed by atoms with Crippen LogP contribution in [-0.4, -0.2) is 62.7 Å². The number of nitrogens with one attached hydrogen (secondary N) is 2. The highest BCUT2D eigenvalue weighted by Gasteiger charge is 2.30. The summed E-state index contributed by atoms with van der Waals surface area (Å²) in [5, 5.41) is 14.6. The van der Waals surface area contributed by atoms with E-state index in [1.54, 1.807) is 26.0 Å². The Morgan fingerprint density at radius 1 is 1.32 bits per heavy atom. The average molecular weight is 312 g/mol. The first kappa shape index (κ1) is 20.3. The third-order valence-corrected chi connectivity index (χ3v) is 3.46. The van der Waals surface area contributed by atoms with Gasteiger partial charge >= 0.3 is 0 Å². The van der Waals surface area contributed by atoms with Crippen molar-refractivity contribution in [3.05, 3.63) is 0 Å². The van der Waals surface area contributed by atoms with Gasteiger partial charge in [-0.05, 0) is 26.3 Å². The summed E-state index contributed by atoms with van der Waals surface area (Å²) in [5.41, 5.74) is -0.902. The highest BCUT2D eigenvalue weighted by Crippen LogP contribution is 2.14. The van der Waals surface area contributed by atoms with Gasteiger partial charge in [-0.2, -0.15) is 5.26 Å². The number of hydrogen-bond acceptors (Lipinski definition) is 5. The first-order chi connectivity index (χ1) is 10.2. The van der Waals surface area contributed by atoms with Crippen molar-refractivity contribution < 1.29 is 14.3 Å². The lowest BCUT2D eigenvalue weighted by molar-refractivity contribution is -0.125. The largest absolute Gasteiger partial charge is 0.385 e. The Labute approximate surface area is 133 Å². The predicted molar refractivity (Wildman–Crippen MR) is 84.0 cm³/mol. The van der Waals surface area contributed by atoms with Crippen LogP contribution in [0.5, 0.6) is 0 Å². The molecule has 0 aromatic heterocycles. The molecule has 0 aliphatic heterocycles. The SMILES string of the molecule is COCCCNC(=O)CN(C)CC(=O)NC(C)(C#N)C(C)C. The van der Waals surface area contributed by atoms with Gasteiger partial charge in [0.25, 0.3) is 0 Å². The number of hydrogen-bond donors (Lipinski definition) is 2. The van der Waals surface area contributed by atoms with Gasteiger partial charge in [0.15, 0.2) is 0 Å². The van der Waals surface area contributed by atoms with Gasteiger partial charge in [-0.3, -0.25) is 14.5 Å². The number of likely N-dealkylation sites (N-methyl/N-ethyl adjacent to an activating group) is 1. The fourth-order valence-corrected chi connectivity index (χ4v) is 1.68. The predicted octanol–water partition coefficient (Wildman–Crippen LogP) is 0.125. The fraction of sp³-hybridized carbons (Fsp3) is 0.800. The molecule has 7 heteroatoms. The Morgan fingerprint density at radius 3 is 2.41 bits per heavy atom. The zero-order chi connectivity index (χ0) is 17.2. The van der Waals surface area contributed by atoms with Crippen molar-refractivity contribution in [3.8, 4) is 6.07 Å². The second-order valence-corrected chi connectivity index (χ2v) is 5.89. The number of nitrogens with zero attached hydrogens (tertiary/aromatic N) is 2. The first-order valence-electron chi connectivity index (χ1n) is 7.41. The zero-order valence-electron chi connectivity index (χ0n) is 14.2. The van der Waals surface area contributed by atoms with Gasteiger partial charge in [0.1, 0.15) is 5.54 Å². The molecular formula is C15H28N4O3. The molecular weight excluding hydrogens is 284 g/mol. The Hall–Kier alpha value is -1.65. The molecule has 0 spiro atoms. The normalized spacial score (nSPS) is 13.5. The van der Waals surface area contributed by atoms with Crippen molar-refractivity contribution in [2.45, 2.75) is 32.7 Å². The molecule has 0 bridgehead atoms. The standard InChI is InChI=1S/C15H28N4O3/c1-12(2)15(3,11-16)18-14(21)10-19(4)9-13(20)17-7-6-8-22-5/h12H,6-10H2,1-5H3,(H,17,20)(H,18,21). The topological polar surface area (TPSA) is 94.5 Å². The van der Waals surface area contributed by atoms with Gasteiger partial charge < -0.3 is 15.4 Å². The van der Waals surface area contributed by atoms with Crippen LogP contribution in [0.4, 0.5) is 0 Å². The van der Waals surface area contributed by atoms with E-state index in [0.717, 1.165) is 6.42 Å². The minimum absolute atomic E-state index is 0.00385. The average Bonchev–Trinajstić information content (AvgIpc) is 2.42. The van der Waals surface area contributed by atoms with E-state index in [9.17, 15) is 14.9 Å². The highest BCUT2D eigenvalue weighted by molar-refractivity contribution is 5.81. The summed E-state index contributed by atoms with van der Waals surface area (Å²) in [6.07, 6.45) is 0.751. The van der Waals surface area contributed by atoms with Gasteiger partial charge in [-0.1, -0.05) is 13.8 Å². The number of amides is 2. The van der Waals surface area contributed by atoms with Gasteiger partial charge in [0, 0.05) is 20.3 Å². The molecule has 0 aromatic carbocycles. The molecule has 2 N–H and O–H groups in total. The van der Waals surface area contributed by atoms with Crippen molar-refractivity contribution in [1.82, 2.24) is 15.5 Å². The monoisotopic (exact) mass is 312 g/mol. The van der Waals surface area contributed by atoms with E-state index in [1.807, 2.05) is 13.8 Å². The molecule has 0 heterocycles. The Kier molecular flexibility index (Phi) is 9.38. The summed E-state index contributed by atoms with van der Waals surface area (Å²) in [4.78, 5) is 25.2. The van der Waals surface area contributed by atoms with E-state index in [-0.39, 0.29) is 30.8 Å². The van der Waals surface area contributed by atoms with Crippen LogP contribution < -0.4 is 10.6 Å². The Morgan fingerprint density at radius 2 is 1.91 bits per heavy atom. The maximum atomic E-state index is 12.0. The van der Waals surface area contributed by atoms with Crippen LogP contribution >= 0.6 is 0 Å². The molecule has 0 saturated carbocycles. The van der Waals surface area contributed by atoms with Crippen molar-refractivity contribution in [2.24, 2.45) is 5.92 Å². The summed E-state index contributed by atoms with van der Waals surface area (Å²) in [5.74, 6) is -0.415.